The van der Waals surface area contributed by atoms with Gasteiger partial charge in [-0.25, -0.2) is 15.4 Å². The summed E-state index contributed by atoms with van der Waals surface area (Å²) in [5.41, 5.74) is 13.0. The van der Waals surface area contributed by atoms with Crippen molar-refractivity contribution in [2.24, 2.45) is 21.5 Å². The molecule has 0 aromatic heterocycles. The van der Waals surface area contributed by atoms with Crippen molar-refractivity contribution in [3.8, 4) is 0 Å². The number of aliphatic hydroxyl groups is 1. The van der Waals surface area contributed by atoms with Crippen LogP contribution in [0.15, 0.2) is 9.98 Å². The van der Waals surface area contributed by atoms with E-state index >= 15 is 0 Å². The maximum absolute atomic E-state index is 10.5. The van der Waals surface area contributed by atoms with Crippen LogP contribution in [0.2, 0.25) is 0 Å². The fourth-order valence-corrected chi connectivity index (χ4v) is 1.33. The van der Waals surface area contributed by atoms with Crippen LogP contribution in [0.25, 0.3) is 0 Å². The zero-order valence-electron chi connectivity index (χ0n) is 8.11. The summed E-state index contributed by atoms with van der Waals surface area (Å²) in [6.07, 6.45) is -0.890. The van der Waals surface area contributed by atoms with E-state index < -0.39 is 28.8 Å². The van der Waals surface area contributed by atoms with Crippen LogP contribution in [0.3, 0.4) is 0 Å². The molecule has 1 rings (SSSR count). The minimum Gasteiger partial charge on any atom is -0.392 e. The highest BCUT2D eigenvalue weighted by Crippen LogP contribution is 2.03. The summed E-state index contributed by atoms with van der Waals surface area (Å²) in [5, 5.41) is 9.95. The second kappa shape index (κ2) is 4.61. The van der Waals surface area contributed by atoms with Gasteiger partial charge in [0.1, 0.15) is 5.88 Å². The molecule has 1 aliphatic rings. The minimum absolute atomic E-state index is 0.124. The van der Waals surface area contributed by atoms with Gasteiger partial charge in [0, 0.05) is 0 Å². The lowest BCUT2D eigenvalue weighted by Gasteiger charge is -2.30. The molecule has 0 saturated carbocycles. The van der Waals surface area contributed by atoms with Gasteiger partial charge < -0.3 is 16.6 Å². The van der Waals surface area contributed by atoms with Crippen molar-refractivity contribution < 1.29 is 18.1 Å². The molecule has 11 heteroatoms. The third kappa shape index (κ3) is 3.30. The van der Waals surface area contributed by atoms with Gasteiger partial charge in [-0.05, 0) is 0 Å². The molecule has 0 fully saturated rings. The molecule has 92 valence electrons. The summed E-state index contributed by atoms with van der Waals surface area (Å²) in [4.78, 5) is 7.26. The van der Waals surface area contributed by atoms with E-state index in [1.54, 1.807) is 0 Å². The smallest absolute Gasteiger partial charge is 0.279 e. The Morgan fingerprint density at radius 3 is 2.62 bits per heavy atom. The van der Waals surface area contributed by atoms with Gasteiger partial charge in [-0.2, -0.15) is 13.4 Å². The van der Waals surface area contributed by atoms with Gasteiger partial charge in [-0.15, -0.1) is 0 Å². The number of rotatable bonds is 4. The van der Waals surface area contributed by atoms with E-state index in [1.165, 1.54) is 0 Å². The molecule has 0 aliphatic carbocycles. The van der Waals surface area contributed by atoms with Crippen LogP contribution in [-0.2, 0) is 10.1 Å². The Hall–Kier alpha value is -1.43. The lowest BCUT2D eigenvalue weighted by molar-refractivity contribution is 0.149. The van der Waals surface area contributed by atoms with Crippen LogP contribution in [-0.4, -0.2) is 53.7 Å². The number of guanidine groups is 2. The topological polar surface area (TPSA) is 167 Å². The van der Waals surface area contributed by atoms with Crippen molar-refractivity contribution in [2.75, 3.05) is 12.5 Å². The molecule has 1 heterocycles. The predicted molar refractivity (Wildman–Crippen MR) is 55.5 cm³/mol. The van der Waals surface area contributed by atoms with Gasteiger partial charge in [0.25, 0.3) is 10.1 Å². The molecule has 10 nitrogen and oxygen atoms in total. The summed E-state index contributed by atoms with van der Waals surface area (Å²) in [5.74, 6) is -1.06. The molecule has 1 aliphatic heterocycles. The number of nitrogens with two attached hydrogens (primary N) is 2. The number of hydrazine groups is 1. The van der Waals surface area contributed by atoms with Crippen LogP contribution >= 0.6 is 0 Å². The second-order valence-electron chi connectivity index (χ2n) is 2.87. The molecule has 7 N–H and O–H groups in total. The quantitative estimate of drug-likeness (QED) is 0.323. The Labute approximate surface area is 91.4 Å². The second-order valence-corrected chi connectivity index (χ2v) is 4.33. The minimum atomic E-state index is -4.22. The van der Waals surface area contributed by atoms with E-state index in [-0.39, 0.29) is 11.9 Å². The van der Waals surface area contributed by atoms with E-state index in [9.17, 15) is 8.42 Å². The van der Waals surface area contributed by atoms with E-state index in [4.69, 9.17) is 21.1 Å². The number of nitrogens with one attached hydrogen (secondary N) is 1. The monoisotopic (exact) mass is 252 g/mol. The van der Waals surface area contributed by atoms with Gasteiger partial charge >= 0.3 is 0 Å². The summed E-state index contributed by atoms with van der Waals surface area (Å²) < 4.78 is 29.5. The largest absolute Gasteiger partial charge is 0.392 e. The Morgan fingerprint density at radius 1 is 1.50 bits per heavy atom. The molecule has 0 radical (unpaired) electrons. The molecule has 0 aromatic carbocycles. The Morgan fingerprint density at radius 2 is 2.12 bits per heavy atom. The molecule has 0 spiro atoms. The van der Waals surface area contributed by atoms with Crippen molar-refractivity contribution in [2.45, 2.75) is 6.17 Å². The predicted octanol–water partition coefficient (Wildman–Crippen LogP) is -3.40. The zero-order chi connectivity index (χ0) is 12.3. The molecule has 0 aromatic rings. The molecule has 1 atom stereocenters. The third-order valence-electron chi connectivity index (χ3n) is 1.64. The lowest BCUT2D eigenvalue weighted by Crippen LogP contribution is -2.57. The van der Waals surface area contributed by atoms with E-state index in [1.807, 2.05) is 0 Å². The van der Waals surface area contributed by atoms with E-state index in [2.05, 4.69) is 15.4 Å². The molecule has 0 saturated heterocycles. The first kappa shape index (κ1) is 12.6. The van der Waals surface area contributed by atoms with Crippen molar-refractivity contribution in [1.29, 1.82) is 0 Å². The maximum atomic E-state index is 10.5. The first-order chi connectivity index (χ1) is 7.33. The average Bonchev–Trinajstić information content (AvgIpc) is 2.13. The summed E-state index contributed by atoms with van der Waals surface area (Å²) >= 11 is 0. The molecular formula is C5H12N6O4S. The first-order valence-electron chi connectivity index (χ1n) is 4.09. The highest BCUT2D eigenvalue weighted by molar-refractivity contribution is 7.85. The number of aliphatic imine (C=N–C) groups is 2. The van der Waals surface area contributed by atoms with Gasteiger partial charge in [0.15, 0.2) is 6.17 Å². The van der Waals surface area contributed by atoms with Crippen molar-refractivity contribution in [3.63, 3.8) is 0 Å². The Kier molecular flexibility index (Phi) is 3.64. The maximum Gasteiger partial charge on any atom is 0.279 e. The van der Waals surface area contributed by atoms with Crippen LogP contribution in [0.1, 0.15) is 0 Å². The van der Waals surface area contributed by atoms with E-state index in [0.29, 0.717) is 0 Å². The molecule has 1 unspecified atom stereocenters. The molecular weight excluding hydrogens is 240 g/mol. The first-order valence-corrected chi connectivity index (χ1v) is 5.70. The number of hydrogen-bond acceptors (Lipinski definition) is 9. The van der Waals surface area contributed by atoms with Gasteiger partial charge in [-0.3, -0.25) is 4.55 Å². The zero-order valence-corrected chi connectivity index (χ0v) is 8.92. The average molecular weight is 252 g/mol. The Balaban J connectivity index is 2.75. The van der Waals surface area contributed by atoms with Crippen LogP contribution in [0.5, 0.6) is 0 Å². The fourth-order valence-electron chi connectivity index (χ4n) is 1.02. The van der Waals surface area contributed by atoms with Crippen molar-refractivity contribution >= 4 is 22.0 Å². The Bertz CT molecular complexity index is 417. The van der Waals surface area contributed by atoms with Gasteiger partial charge in [0.05, 0.1) is 6.61 Å². The molecule has 0 bridgehead atoms. The third-order valence-corrected chi connectivity index (χ3v) is 2.13. The van der Waals surface area contributed by atoms with Crippen molar-refractivity contribution in [1.82, 2.24) is 10.4 Å². The van der Waals surface area contributed by atoms with Gasteiger partial charge in [-0.1, -0.05) is 0 Å². The van der Waals surface area contributed by atoms with Crippen LogP contribution in [0.4, 0.5) is 0 Å². The lowest BCUT2D eigenvalue weighted by atomic mass is 10.5. The highest BCUT2D eigenvalue weighted by atomic mass is 32.2. The summed E-state index contributed by atoms with van der Waals surface area (Å²) in [7, 11) is -4.22. The fraction of sp³-hybridized carbons (Fsp3) is 0.600. The number of nitrogens with zero attached hydrogens (tertiary/aromatic N) is 3. The standard InChI is InChI=1S/C5H12N6O4S/c6-4-9-3(1-12)11(5(7)10-4)8-2-16(13,14)15/h3,8,12H,1-2H2,(H,13,14,15)(H4,6,7,9,10). The molecule has 16 heavy (non-hydrogen) atoms. The van der Waals surface area contributed by atoms with Crippen LogP contribution < -0.4 is 16.9 Å². The molecule has 0 amide bonds. The number of aliphatic hydroxyl groups excluding tert-OH is 1. The summed E-state index contributed by atoms with van der Waals surface area (Å²) in [6, 6.07) is 0. The normalized spacial score (nSPS) is 21.6. The van der Waals surface area contributed by atoms with Gasteiger partial charge in [0.2, 0.25) is 11.9 Å². The van der Waals surface area contributed by atoms with Crippen molar-refractivity contribution in [3.05, 3.63) is 0 Å². The summed E-state index contributed by atoms with van der Waals surface area (Å²) in [6.45, 7) is -0.449. The van der Waals surface area contributed by atoms with E-state index in [0.717, 1.165) is 5.01 Å². The highest BCUT2D eigenvalue weighted by Gasteiger charge is 2.24. The van der Waals surface area contributed by atoms with Crippen LogP contribution in [0, 0.1) is 0 Å². The SMILES string of the molecule is NC1=NC(CO)N(NCS(=O)(=O)O)C(N)=N1. The number of hydrogen-bond donors (Lipinski definition) is 5.